The highest BCUT2D eigenvalue weighted by Gasteiger charge is 2.21. The van der Waals surface area contributed by atoms with Gasteiger partial charge in [-0.25, -0.2) is 0 Å². The van der Waals surface area contributed by atoms with E-state index < -0.39 is 0 Å². The quantitative estimate of drug-likeness (QED) is 0.711. The molecule has 1 heterocycles. The Morgan fingerprint density at radius 2 is 2.23 bits per heavy atom. The summed E-state index contributed by atoms with van der Waals surface area (Å²) >= 11 is 0. The van der Waals surface area contributed by atoms with Gasteiger partial charge in [-0.05, 0) is 25.5 Å². The third kappa shape index (κ3) is 1.37. The van der Waals surface area contributed by atoms with Gasteiger partial charge >= 0.3 is 0 Å². The van der Waals surface area contributed by atoms with Crippen LogP contribution in [0, 0.1) is 6.92 Å². The molecule has 1 aliphatic rings. The zero-order valence-electron chi connectivity index (χ0n) is 8.35. The van der Waals surface area contributed by atoms with Gasteiger partial charge in [0, 0.05) is 19.0 Å². The van der Waals surface area contributed by atoms with Gasteiger partial charge in [0.15, 0.2) is 0 Å². The summed E-state index contributed by atoms with van der Waals surface area (Å²) in [4.78, 5) is 0. The van der Waals surface area contributed by atoms with Gasteiger partial charge < -0.3 is 10.1 Å². The van der Waals surface area contributed by atoms with E-state index in [4.69, 9.17) is 4.74 Å². The van der Waals surface area contributed by atoms with Crippen LogP contribution < -0.4 is 10.1 Å². The lowest BCUT2D eigenvalue weighted by atomic mass is 10.1. The van der Waals surface area contributed by atoms with Crippen molar-refractivity contribution < 1.29 is 4.74 Å². The van der Waals surface area contributed by atoms with Gasteiger partial charge in [0.25, 0.3) is 0 Å². The van der Waals surface area contributed by atoms with Crippen LogP contribution in [0.15, 0.2) is 12.1 Å². The largest absolute Gasteiger partial charge is 0.488 e. The SMILES string of the molecule is CNc1cc(C)cc2c1O[C@H](C)C2. The molecule has 0 fully saturated rings. The second-order valence-electron chi connectivity index (χ2n) is 3.68. The van der Waals surface area contributed by atoms with Crippen LogP contribution in [0.25, 0.3) is 0 Å². The fraction of sp³-hybridized carbons (Fsp3) is 0.455. The molecule has 0 amide bonds. The number of ether oxygens (including phenoxy) is 1. The molecule has 0 radical (unpaired) electrons. The molecular weight excluding hydrogens is 162 g/mol. The summed E-state index contributed by atoms with van der Waals surface area (Å²) in [7, 11) is 1.93. The summed E-state index contributed by atoms with van der Waals surface area (Å²) in [5.74, 6) is 1.04. The Kier molecular flexibility index (Phi) is 1.91. The van der Waals surface area contributed by atoms with Gasteiger partial charge in [-0.2, -0.15) is 0 Å². The summed E-state index contributed by atoms with van der Waals surface area (Å²) in [6, 6.07) is 4.33. The van der Waals surface area contributed by atoms with Crippen LogP contribution in [-0.4, -0.2) is 13.2 Å². The van der Waals surface area contributed by atoms with Crippen LogP contribution in [-0.2, 0) is 6.42 Å². The maximum atomic E-state index is 5.72. The molecule has 1 N–H and O–H groups in total. The number of hydrogen-bond donors (Lipinski definition) is 1. The monoisotopic (exact) mass is 177 g/mol. The van der Waals surface area contributed by atoms with Crippen molar-refractivity contribution in [2.45, 2.75) is 26.4 Å². The molecule has 13 heavy (non-hydrogen) atoms. The molecule has 0 unspecified atom stereocenters. The highest BCUT2D eigenvalue weighted by molar-refractivity contribution is 5.63. The zero-order chi connectivity index (χ0) is 9.42. The molecule has 70 valence electrons. The Morgan fingerprint density at radius 3 is 2.92 bits per heavy atom. The lowest BCUT2D eigenvalue weighted by molar-refractivity contribution is 0.255. The van der Waals surface area contributed by atoms with E-state index in [-0.39, 0.29) is 0 Å². The molecule has 1 atom stereocenters. The average molecular weight is 177 g/mol. The Morgan fingerprint density at radius 1 is 1.46 bits per heavy atom. The number of fused-ring (bicyclic) bond motifs is 1. The Balaban J connectivity index is 2.50. The third-order valence-corrected chi connectivity index (χ3v) is 2.41. The van der Waals surface area contributed by atoms with Crippen LogP contribution in [0.4, 0.5) is 5.69 Å². The first-order valence-electron chi connectivity index (χ1n) is 4.68. The molecule has 1 aromatic rings. The minimum atomic E-state index is 0.323. The van der Waals surface area contributed by atoms with Crippen LogP contribution in [0.1, 0.15) is 18.1 Å². The van der Waals surface area contributed by atoms with Gasteiger partial charge in [-0.3, -0.25) is 0 Å². The van der Waals surface area contributed by atoms with E-state index in [1.165, 1.54) is 11.1 Å². The second kappa shape index (κ2) is 2.95. The lowest BCUT2D eigenvalue weighted by Crippen LogP contribution is -2.05. The van der Waals surface area contributed by atoms with E-state index in [0.717, 1.165) is 17.9 Å². The summed E-state index contributed by atoms with van der Waals surface area (Å²) in [5, 5.41) is 3.16. The summed E-state index contributed by atoms with van der Waals surface area (Å²) in [5.41, 5.74) is 3.73. The lowest BCUT2D eigenvalue weighted by Gasteiger charge is -2.09. The maximum Gasteiger partial charge on any atom is 0.146 e. The van der Waals surface area contributed by atoms with Crippen molar-refractivity contribution in [2.75, 3.05) is 12.4 Å². The van der Waals surface area contributed by atoms with Crippen molar-refractivity contribution in [1.29, 1.82) is 0 Å². The number of anilines is 1. The Hall–Kier alpha value is -1.18. The van der Waals surface area contributed by atoms with Crippen LogP contribution in [0.5, 0.6) is 5.75 Å². The van der Waals surface area contributed by atoms with Crippen LogP contribution in [0.3, 0.4) is 0 Å². The molecular formula is C11H15NO. The summed E-state index contributed by atoms with van der Waals surface area (Å²) in [6.45, 7) is 4.22. The van der Waals surface area contributed by atoms with E-state index >= 15 is 0 Å². The van der Waals surface area contributed by atoms with Crippen molar-refractivity contribution >= 4 is 5.69 Å². The predicted octanol–water partition coefficient (Wildman–Crippen LogP) is 2.36. The van der Waals surface area contributed by atoms with Gasteiger partial charge in [-0.1, -0.05) is 6.07 Å². The highest BCUT2D eigenvalue weighted by atomic mass is 16.5. The van der Waals surface area contributed by atoms with Crippen molar-refractivity contribution in [3.8, 4) is 5.75 Å². The predicted molar refractivity (Wildman–Crippen MR) is 54.5 cm³/mol. The number of aryl methyl sites for hydroxylation is 1. The molecule has 0 saturated heterocycles. The molecule has 2 heteroatoms. The fourth-order valence-corrected chi connectivity index (χ4v) is 1.88. The average Bonchev–Trinajstić information content (AvgIpc) is 2.43. The van der Waals surface area contributed by atoms with Gasteiger partial charge in [0.2, 0.25) is 0 Å². The maximum absolute atomic E-state index is 5.72. The van der Waals surface area contributed by atoms with Crippen LogP contribution >= 0.6 is 0 Å². The molecule has 0 bridgehead atoms. The van der Waals surface area contributed by atoms with Gasteiger partial charge in [0.1, 0.15) is 11.9 Å². The molecule has 2 rings (SSSR count). The smallest absolute Gasteiger partial charge is 0.146 e. The van der Waals surface area contributed by atoms with Crippen LogP contribution in [0.2, 0.25) is 0 Å². The second-order valence-corrected chi connectivity index (χ2v) is 3.68. The van der Waals surface area contributed by atoms with Crippen molar-refractivity contribution in [3.63, 3.8) is 0 Å². The van der Waals surface area contributed by atoms with Crippen molar-refractivity contribution in [1.82, 2.24) is 0 Å². The molecule has 0 aromatic heterocycles. The molecule has 0 saturated carbocycles. The zero-order valence-corrected chi connectivity index (χ0v) is 8.35. The van der Waals surface area contributed by atoms with Gasteiger partial charge in [0.05, 0.1) is 5.69 Å². The Bertz CT molecular complexity index is 333. The fourth-order valence-electron chi connectivity index (χ4n) is 1.88. The van der Waals surface area contributed by atoms with E-state index in [0.29, 0.717) is 6.10 Å². The molecule has 1 aliphatic heterocycles. The molecule has 0 aliphatic carbocycles. The standard InChI is InChI=1S/C11H15NO/c1-7-4-9-6-8(2)13-11(9)10(5-7)12-3/h4-5,8,12H,6H2,1-3H3/t8-/m1/s1. The number of rotatable bonds is 1. The minimum Gasteiger partial charge on any atom is -0.488 e. The van der Waals surface area contributed by atoms with Crippen molar-refractivity contribution in [2.24, 2.45) is 0 Å². The first-order chi connectivity index (χ1) is 6.20. The van der Waals surface area contributed by atoms with E-state index in [1.807, 2.05) is 7.05 Å². The number of nitrogens with one attached hydrogen (secondary N) is 1. The normalized spacial score (nSPS) is 19.5. The third-order valence-electron chi connectivity index (χ3n) is 2.41. The highest BCUT2D eigenvalue weighted by Crippen LogP contribution is 2.36. The van der Waals surface area contributed by atoms with Gasteiger partial charge in [-0.15, -0.1) is 0 Å². The summed E-state index contributed by atoms with van der Waals surface area (Å²) < 4.78 is 5.72. The minimum absolute atomic E-state index is 0.323. The van der Waals surface area contributed by atoms with E-state index in [9.17, 15) is 0 Å². The number of hydrogen-bond acceptors (Lipinski definition) is 2. The first-order valence-corrected chi connectivity index (χ1v) is 4.68. The van der Waals surface area contributed by atoms with Crippen molar-refractivity contribution in [3.05, 3.63) is 23.3 Å². The van der Waals surface area contributed by atoms with E-state index in [2.05, 4.69) is 31.3 Å². The topological polar surface area (TPSA) is 21.3 Å². The molecule has 0 spiro atoms. The summed E-state index contributed by atoms with van der Waals surface area (Å²) in [6.07, 6.45) is 1.36. The molecule has 1 aromatic carbocycles. The van der Waals surface area contributed by atoms with E-state index in [1.54, 1.807) is 0 Å². The molecule has 2 nitrogen and oxygen atoms in total. The number of benzene rings is 1. The first kappa shape index (κ1) is 8.42. The Labute approximate surface area is 78.9 Å².